The van der Waals surface area contributed by atoms with Crippen molar-refractivity contribution in [1.82, 2.24) is 0 Å². The number of anilines is 1. The van der Waals surface area contributed by atoms with Crippen molar-refractivity contribution in [1.29, 1.82) is 0 Å². The highest BCUT2D eigenvalue weighted by Crippen LogP contribution is 2.18. The van der Waals surface area contributed by atoms with Gasteiger partial charge in [-0.1, -0.05) is 30.3 Å². The van der Waals surface area contributed by atoms with Gasteiger partial charge in [0.25, 0.3) is 0 Å². The lowest BCUT2D eigenvalue weighted by atomic mass is 10.00. The van der Waals surface area contributed by atoms with Crippen LogP contribution in [0.25, 0.3) is 0 Å². The molecular weight excluding hydrogens is 310 g/mol. The first kappa shape index (κ1) is 17.1. The van der Waals surface area contributed by atoms with Crippen LogP contribution >= 0.6 is 12.6 Å². The van der Waals surface area contributed by atoms with Crippen LogP contribution in [0.5, 0.6) is 0 Å². The minimum absolute atomic E-state index is 0.158. The number of carbonyl (C=O) groups excluding carboxylic acids is 1. The van der Waals surface area contributed by atoms with Crippen molar-refractivity contribution in [2.45, 2.75) is 13.3 Å². The predicted molar refractivity (Wildman–Crippen MR) is 94.3 cm³/mol. The Labute approximate surface area is 141 Å². The Balaban J connectivity index is 2.12. The summed E-state index contributed by atoms with van der Waals surface area (Å²) in [7, 11) is 0. The van der Waals surface area contributed by atoms with E-state index in [-0.39, 0.29) is 17.4 Å². The molecule has 2 aromatic carbocycles. The molecule has 4 nitrogen and oxygen atoms in total. The molecule has 0 aliphatic heterocycles. The van der Waals surface area contributed by atoms with Crippen LogP contribution in [0.15, 0.2) is 48.5 Å². The maximum Gasteiger partial charge on any atom is 0.335 e. The third-order valence-electron chi connectivity index (χ3n) is 3.51. The number of hydrogen-bond acceptors (Lipinski definition) is 3. The molecule has 23 heavy (non-hydrogen) atoms. The monoisotopic (exact) mass is 329 g/mol. The number of carbonyl (C=O) groups is 2. The SMILES string of the molecule is Cc1cc(NC(=O)C(CS)Cc2ccccc2)cc(C(=O)O)c1. The Kier molecular flexibility index (Phi) is 5.82. The maximum atomic E-state index is 12.4. The number of rotatable bonds is 6. The summed E-state index contributed by atoms with van der Waals surface area (Å²) in [5.41, 5.74) is 2.50. The first-order valence-corrected chi connectivity index (χ1v) is 7.93. The highest BCUT2D eigenvalue weighted by Gasteiger charge is 2.18. The van der Waals surface area contributed by atoms with Crippen LogP contribution in [-0.2, 0) is 11.2 Å². The molecule has 0 bridgehead atoms. The maximum absolute atomic E-state index is 12.4. The summed E-state index contributed by atoms with van der Waals surface area (Å²) in [6.45, 7) is 1.79. The third-order valence-corrected chi connectivity index (χ3v) is 3.95. The van der Waals surface area contributed by atoms with Crippen LogP contribution in [0.1, 0.15) is 21.5 Å². The van der Waals surface area contributed by atoms with Gasteiger partial charge in [-0.25, -0.2) is 4.79 Å². The largest absolute Gasteiger partial charge is 0.478 e. The Hall–Kier alpha value is -2.27. The Bertz CT molecular complexity index is 701. The number of aromatic carboxylic acids is 1. The zero-order valence-corrected chi connectivity index (χ0v) is 13.7. The van der Waals surface area contributed by atoms with Crippen LogP contribution in [0.4, 0.5) is 5.69 Å². The fraction of sp³-hybridized carbons (Fsp3) is 0.222. The van der Waals surface area contributed by atoms with Crippen molar-refractivity contribution in [2.24, 2.45) is 5.92 Å². The minimum Gasteiger partial charge on any atom is -0.478 e. The molecule has 0 saturated heterocycles. The number of carboxylic acids is 1. The number of carboxylic acid groups (broad SMARTS) is 1. The Morgan fingerprint density at radius 1 is 1.17 bits per heavy atom. The summed E-state index contributed by atoms with van der Waals surface area (Å²) in [5, 5.41) is 11.9. The minimum atomic E-state index is -1.01. The van der Waals surface area contributed by atoms with Gasteiger partial charge in [-0.05, 0) is 42.7 Å². The first-order valence-electron chi connectivity index (χ1n) is 7.30. The lowest BCUT2D eigenvalue weighted by Crippen LogP contribution is -2.26. The first-order chi connectivity index (χ1) is 11.0. The molecule has 0 aliphatic rings. The summed E-state index contributed by atoms with van der Waals surface area (Å²) in [4.78, 5) is 23.5. The van der Waals surface area contributed by atoms with E-state index in [4.69, 9.17) is 5.11 Å². The van der Waals surface area contributed by atoms with E-state index in [1.807, 2.05) is 30.3 Å². The number of nitrogens with one attached hydrogen (secondary N) is 1. The highest BCUT2D eigenvalue weighted by molar-refractivity contribution is 7.80. The quantitative estimate of drug-likeness (QED) is 0.712. The molecule has 0 fully saturated rings. The average molecular weight is 329 g/mol. The molecule has 0 radical (unpaired) electrons. The molecule has 2 N–H and O–H groups in total. The third kappa shape index (κ3) is 4.86. The molecule has 0 heterocycles. The molecule has 0 spiro atoms. The molecular formula is C18H19NO3S. The molecule has 1 amide bonds. The van der Waals surface area contributed by atoms with E-state index in [9.17, 15) is 9.59 Å². The Morgan fingerprint density at radius 2 is 1.87 bits per heavy atom. The molecule has 0 aromatic heterocycles. The second-order valence-electron chi connectivity index (χ2n) is 5.45. The van der Waals surface area contributed by atoms with Gasteiger partial charge in [-0.3, -0.25) is 4.79 Å². The molecule has 5 heteroatoms. The fourth-order valence-corrected chi connectivity index (χ4v) is 2.66. The fourth-order valence-electron chi connectivity index (χ4n) is 2.36. The van der Waals surface area contributed by atoms with Crippen LogP contribution < -0.4 is 5.32 Å². The van der Waals surface area contributed by atoms with Crippen LogP contribution in [0.2, 0.25) is 0 Å². The lowest BCUT2D eigenvalue weighted by Gasteiger charge is -2.15. The van der Waals surface area contributed by atoms with Gasteiger partial charge in [0.2, 0.25) is 5.91 Å². The van der Waals surface area contributed by atoms with Crippen molar-refractivity contribution in [3.63, 3.8) is 0 Å². The van der Waals surface area contributed by atoms with Crippen molar-refractivity contribution in [3.05, 3.63) is 65.2 Å². The van der Waals surface area contributed by atoms with Crippen LogP contribution in [0.3, 0.4) is 0 Å². The van der Waals surface area contributed by atoms with Crippen LogP contribution in [-0.4, -0.2) is 22.7 Å². The zero-order valence-electron chi connectivity index (χ0n) is 12.8. The summed E-state index contributed by atoms with van der Waals surface area (Å²) in [5.74, 6) is -1.04. The molecule has 0 saturated carbocycles. The van der Waals surface area contributed by atoms with Gasteiger partial charge in [-0.15, -0.1) is 0 Å². The summed E-state index contributed by atoms with van der Waals surface area (Å²) in [6.07, 6.45) is 0.591. The van der Waals surface area contributed by atoms with Crippen molar-refractivity contribution < 1.29 is 14.7 Å². The normalized spacial score (nSPS) is 11.7. The van der Waals surface area contributed by atoms with Crippen LogP contribution in [0, 0.1) is 12.8 Å². The number of aryl methyl sites for hydroxylation is 1. The lowest BCUT2D eigenvalue weighted by molar-refractivity contribution is -0.119. The average Bonchev–Trinajstić information content (AvgIpc) is 2.52. The predicted octanol–water partition coefficient (Wildman–Crippen LogP) is 3.42. The van der Waals surface area contributed by atoms with E-state index in [0.717, 1.165) is 11.1 Å². The number of benzene rings is 2. The second kappa shape index (κ2) is 7.83. The number of amides is 1. The van der Waals surface area contributed by atoms with E-state index < -0.39 is 5.97 Å². The van der Waals surface area contributed by atoms with E-state index in [0.29, 0.717) is 17.9 Å². The summed E-state index contributed by atoms with van der Waals surface area (Å²) >= 11 is 4.27. The molecule has 0 aliphatic carbocycles. The molecule has 2 rings (SSSR count). The molecule has 1 unspecified atom stereocenters. The highest BCUT2D eigenvalue weighted by atomic mass is 32.1. The van der Waals surface area contributed by atoms with Gasteiger partial charge >= 0.3 is 5.97 Å². The smallest absolute Gasteiger partial charge is 0.335 e. The van der Waals surface area contributed by atoms with Crippen molar-refractivity contribution in [3.8, 4) is 0 Å². The summed E-state index contributed by atoms with van der Waals surface area (Å²) < 4.78 is 0. The molecule has 2 aromatic rings. The van der Waals surface area contributed by atoms with Gasteiger partial charge in [0.1, 0.15) is 0 Å². The summed E-state index contributed by atoms with van der Waals surface area (Å²) in [6, 6.07) is 14.5. The van der Waals surface area contributed by atoms with Gasteiger partial charge in [-0.2, -0.15) is 12.6 Å². The second-order valence-corrected chi connectivity index (χ2v) is 5.82. The number of hydrogen-bond donors (Lipinski definition) is 3. The number of thiol groups is 1. The van der Waals surface area contributed by atoms with Crippen molar-refractivity contribution >= 4 is 30.2 Å². The molecule has 1 atom stereocenters. The Morgan fingerprint density at radius 3 is 2.48 bits per heavy atom. The van der Waals surface area contributed by atoms with Crippen molar-refractivity contribution in [2.75, 3.05) is 11.1 Å². The van der Waals surface area contributed by atoms with E-state index in [2.05, 4.69) is 17.9 Å². The zero-order chi connectivity index (χ0) is 16.8. The van der Waals surface area contributed by atoms with E-state index >= 15 is 0 Å². The van der Waals surface area contributed by atoms with E-state index in [1.165, 1.54) is 6.07 Å². The molecule has 120 valence electrons. The van der Waals surface area contributed by atoms with E-state index in [1.54, 1.807) is 19.1 Å². The van der Waals surface area contributed by atoms with Gasteiger partial charge < -0.3 is 10.4 Å². The van der Waals surface area contributed by atoms with Gasteiger partial charge in [0.05, 0.1) is 11.5 Å². The van der Waals surface area contributed by atoms with Gasteiger partial charge in [0.15, 0.2) is 0 Å². The van der Waals surface area contributed by atoms with Gasteiger partial charge in [0, 0.05) is 11.4 Å². The standard InChI is InChI=1S/C18H19NO3S/c1-12-7-14(18(21)22)10-16(8-12)19-17(20)15(11-23)9-13-5-3-2-4-6-13/h2-8,10,15,23H,9,11H2,1H3,(H,19,20)(H,21,22). The topological polar surface area (TPSA) is 66.4 Å².